The number of carbonyl (C=O) groups is 1. The van der Waals surface area contributed by atoms with E-state index in [1.165, 1.54) is 13.2 Å². The lowest BCUT2D eigenvalue weighted by atomic mass is 9.79. The van der Waals surface area contributed by atoms with E-state index in [0.717, 1.165) is 48.3 Å². The highest BCUT2D eigenvalue weighted by Crippen LogP contribution is 2.44. The van der Waals surface area contributed by atoms with Crippen molar-refractivity contribution < 1.29 is 27.4 Å². The van der Waals surface area contributed by atoms with Gasteiger partial charge in [-0.1, -0.05) is 18.9 Å². The first-order chi connectivity index (χ1) is 14.0. The average Bonchev–Trinajstić information content (AvgIpc) is 3.42. The molecule has 1 N–H and O–H groups in total. The SMILES string of the molecule is COC(=O)c1sccc1S(=O)(=O)NCC1(c2ccc3c(c2)OCCO3)CCCC1. The molecular formula is C20H23NO6S2. The number of esters is 1. The molecule has 0 bridgehead atoms. The van der Waals surface area contributed by atoms with Gasteiger partial charge in [0.25, 0.3) is 0 Å². The van der Waals surface area contributed by atoms with Crippen molar-refractivity contribution >= 4 is 27.3 Å². The van der Waals surface area contributed by atoms with Crippen molar-refractivity contribution in [2.24, 2.45) is 0 Å². The average molecular weight is 438 g/mol. The Bertz CT molecular complexity index is 1010. The second-order valence-corrected chi connectivity index (χ2v) is 9.93. The summed E-state index contributed by atoms with van der Waals surface area (Å²) in [6, 6.07) is 7.30. The summed E-state index contributed by atoms with van der Waals surface area (Å²) in [5.41, 5.74) is 0.727. The molecule has 156 valence electrons. The van der Waals surface area contributed by atoms with Crippen molar-refractivity contribution in [1.29, 1.82) is 0 Å². The Labute approximate surface area is 174 Å². The Morgan fingerprint density at radius 2 is 1.90 bits per heavy atom. The molecule has 2 aliphatic rings. The van der Waals surface area contributed by atoms with E-state index >= 15 is 0 Å². The van der Waals surface area contributed by atoms with Crippen LogP contribution in [0.25, 0.3) is 0 Å². The number of carbonyl (C=O) groups excluding carboxylic acids is 1. The van der Waals surface area contributed by atoms with Gasteiger partial charge in [0.05, 0.1) is 7.11 Å². The number of benzene rings is 1. The van der Waals surface area contributed by atoms with Crippen LogP contribution in [0.2, 0.25) is 0 Å². The van der Waals surface area contributed by atoms with E-state index in [1.54, 1.807) is 5.38 Å². The van der Waals surface area contributed by atoms with Crippen LogP contribution < -0.4 is 14.2 Å². The fourth-order valence-electron chi connectivity index (χ4n) is 4.05. The number of thiophene rings is 1. The summed E-state index contributed by atoms with van der Waals surface area (Å²) in [6.45, 7) is 1.29. The summed E-state index contributed by atoms with van der Waals surface area (Å²) < 4.78 is 44.6. The number of methoxy groups -OCH3 is 1. The van der Waals surface area contributed by atoms with Crippen LogP contribution in [-0.4, -0.2) is 41.3 Å². The zero-order valence-electron chi connectivity index (χ0n) is 16.1. The van der Waals surface area contributed by atoms with Crippen LogP contribution >= 0.6 is 11.3 Å². The highest BCUT2D eigenvalue weighted by molar-refractivity contribution is 7.89. The molecule has 9 heteroatoms. The number of rotatable bonds is 6. The summed E-state index contributed by atoms with van der Waals surface area (Å²) in [5.74, 6) is 0.770. The Balaban J connectivity index is 1.59. The van der Waals surface area contributed by atoms with Crippen LogP contribution in [0.5, 0.6) is 11.5 Å². The number of ether oxygens (including phenoxy) is 3. The Hall–Kier alpha value is -2.10. The predicted molar refractivity (Wildman–Crippen MR) is 108 cm³/mol. The molecular weight excluding hydrogens is 414 g/mol. The standard InChI is InChI=1S/C20H23NO6S2/c1-25-19(22)18-17(6-11-28-18)29(23,24)21-13-20(7-2-3-8-20)14-4-5-15-16(12-14)27-10-9-26-15/h4-6,11-12,21H,2-3,7-10,13H2,1H3. The van der Waals surface area contributed by atoms with Gasteiger partial charge in [0, 0.05) is 12.0 Å². The third kappa shape index (κ3) is 3.86. The highest BCUT2D eigenvalue weighted by Gasteiger charge is 2.38. The number of hydrogen-bond donors (Lipinski definition) is 1. The normalized spacial score (nSPS) is 17.8. The molecule has 1 aromatic heterocycles. The number of fused-ring (bicyclic) bond motifs is 1. The topological polar surface area (TPSA) is 90.9 Å². The van der Waals surface area contributed by atoms with Gasteiger partial charge in [0.1, 0.15) is 23.0 Å². The molecule has 0 atom stereocenters. The molecule has 0 spiro atoms. The van der Waals surface area contributed by atoms with Crippen molar-refractivity contribution in [3.05, 3.63) is 40.1 Å². The molecule has 7 nitrogen and oxygen atoms in total. The van der Waals surface area contributed by atoms with Crippen molar-refractivity contribution in [1.82, 2.24) is 4.72 Å². The summed E-state index contributed by atoms with van der Waals surface area (Å²) in [5, 5.41) is 1.58. The molecule has 2 aromatic rings. The van der Waals surface area contributed by atoms with E-state index in [-0.39, 0.29) is 21.7 Å². The van der Waals surface area contributed by atoms with Crippen molar-refractivity contribution in [3.63, 3.8) is 0 Å². The van der Waals surface area contributed by atoms with E-state index in [9.17, 15) is 13.2 Å². The maximum absolute atomic E-state index is 12.9. The molecule has 29 heavy (non-hydrogen) atoms. The number of nitrogens with one attached hydrogen (secondary N) is 1. The van der Waals surface area contributed by atoms with Gasteiger partial charge in [-0.15, -0.1) is 11.3 Å². The highest BCUT2D eigenvalue weighted by atomic mass is 32.2. The fourth-order valence-corrected chi connectivity index (χ4v) is 6.51. The molecule has 1 saturated carbocycles. The molecule has 1 aliphatic carbocycles. The van der Waals surface area contributed by atoms with Crippen molar-refractivity contribution in [2.45, 2.75) is 36.0 Å². The molecule has 0 saturated heterocycles. The maximum atomic E-state index is 12.9. The summed E-state index contributed by atoms with van der Waals surface area (Å²) >= 11 is 1.05. The van der Waals surface area contributed by atoms with Crippen LogP contribution in [0.15, 0.2) is 34.5 Å². The zero-order valence-corrected chi connectivity index (χ0v) is 17.7. The van der Waals surface area contributed by atoms with Crippen LogP contribution in [0.1, 0.15) is 40.9 Å². The van der Waals surface area contributed by atoms with Gasteiger partial charge >= 0.3 is 5.97 Å². The van der Waals surface area contributed by atoms with E-state index in [0.29, 0.717) is 19.0 Å². The largest absolute Gasteiger partial charge is 0.486 e. The van der Waals surface area contributed by atoms with Crippen molar-refractivity contribution in [2.75, 3.05) is 26.9 Å². The van der Waals surface area contributed by atoms with Gasteiger partial charge in [0.15, 0.2) is 11.5 Å². The van der Waals surface area contributed by atoms with Crippen LogP contribution in [-0.2, 0) is 20.2 Å². The molecule has 1 aliphatic heterocycles. The minimum atomic E-state index is -3.85. The molecule has 0 unspecified atom stereocenters. The third-order valence-electron chi connectivity index (χ3n) is 5.61. The molecule has 2 heterocycles. The zero-order chi connectivity index (χ0) is 20.5. The Morgan fingerprint density at radius 1 is 1.17 bits per heavy atom. The first-order valence-electron chi connectivity index (χ1n) is 9.51. The summed E-state index contributed by atoms with van der Waals surface area (Å²) in [4.78, 5) is 11.9. The van der Waals surface area contributed by atoms with Gasteiger partial charge < -0.3 is 14.2 Å². The molecule has 0 amide bonds. The van der Waals surface area contributed by atoms with Crippen LogP contribution in [0.4, 0.5) is 0 Å². The lowest BCUT2D eigenvalue weighted by Crippen LogP contribution is -2.39. The van der Waals surface area contributed by atoms with Gasteiger partial charge in [-0.3, -0.25) is 0 Å². The first kappa shape index (κ1) is 20.2. The van der Waals surface area contributed by atoms with E-state index in [1.807, 2.05) is 18.2 Å². The van der Waals surface area contributed by atoms with Crippen LogP contribution in [0, 0.1) is 0 Å². The quantitative estimate of drug-likeness (QED) is 0.699. The first-order valence-corrected chi connectivity index (χ1v) is 11.9. The van der Waals surface area contributed by atoms with Gasteiger partial charge in [0.2, 0.25) is 10.0 Å². The fraction of sp³-hybridized carbons (Fsp3) is 0.450. The monoisotopic (exact) mass is 437 g/mol. The molecule has 1 fully saturated rings. The van der Waals surface area contributed by atoms with E-state index in [2.05, 4.69) is 4.72 Å². The lowest BCUT2D eigenvalue weighted by molar-refractivity contribution is 0.0602. The maximum Gasteiger partial charge on any atom is 0.349 e. The van der Waals surface area contributed by atoms with Gasteiger partial charge in [-0.25, -0.2) is 17.9 Å². The summed E-state index contributed by atoms with van der Waals surface area (Å²) in [7, 11) is -2.61. The number of sulfonamides is 1. The molecule has 4 rings (SSSR count). The van der Waals surface area contributed by atoms with E-state index in [4.69, 9.17) is 14.2 Å². The second-order valence-electron chi connectivity index (χ2n) is 7.28. The Kier molecular flexibility index (Phi) is 5.54. The lowest BCUT2D eigenvalue weighted by Gasteiger charge is -2.31. The van der Waals surface area contributed by atoms with Gasteiger partial charge in [-0.2, -0.15) is 0 Å². The van der Waals surface area contributed by atoms with E-state index < -0.39 is 16.0 Å². The van der Waals surface area contributed by atoms with Crippen LogP contribution in [0.3, 0.4) is 0 Å². The smallest absolute Gasteiger partial charge is 0.349 e. The van der Waals surface area contributed by atoms with Crippen molar-refractivity contribution in [3.8, 4) is 11.5 Å². The summed E-state index contributed by atoms with van der Waals surface area (Å²) in [6.07, 6.45) is 3.81. The van der Waals surface area contributed by atoms with Gasteiger partial charge in [-0.05, 0) is 42.0 Å². The minimum absolute atomic E-state index is 0.0373. The Morgan fingerprint density at radius 3 is 2.62 bits per heavy atom. The number of hydrogen-bond acceptors (Lipinski definition) is 7. The molecule has 0 radical (unpaired) electrons. The third-order valence-corrected chi connectivity index (χ3v) is 8.07. The minimum Gasteiger partial charge on any atom is -0.486 e. The second kappa shape index (κ2) is 7.97. The molecule has 1 aromatic carbocycles. The predicted octanol–water partition coefficient (Wildman–Crippen LogP) is 3.10.